The molecule has 3 heterocycles. The lowest BCUT2D eigenvalue weighted by molar-refractivity contribution is 0.0780. The molecular formula is C20H21N3O2S2. The van der Waals surface area contributed by atoms with Crippen LogP contribution in [0.3, 0.4) is 0 Å². The number of carbonyl (C=O) groups is 1. The lowest BCUT2D eigenvalue weighted by Crippen LogP contribution is -2.37. The highest BCUT2D eigenvalue weighted by Gasteiger charge is 2.20. The van der Waals surface area contributed by atoms with Crippen molar-refractivity contribution in [2.24, 2.45) is 0 Å². The molecule has 1 amide bonds. The van der Waals surface area contributed by atoms with E-state index < -0.39 is 0 Å². The molecule has 0 saturated carbocycles. The normalized spacial score (nSPS) is 14.3. The quantitative estimate of drug-likeness (QED) is 0.651. The van der Waals surface area contributed by atoms with Gasteiger partial charge in [-0.25, -0.2) is 4.98 Å². The van der Waals surface area contributed by atoms with E-state index >= 15 is 0 Å². The van der Waals surface area contributed by atoms with Crippen molar-refractivity contribution in [1.82, 2.24) is 9.88 Å². The van der Waals surface area contributed by atoms with Crippen LogP contribution in [0.4, 0.5) is 5.69 Å². The van der Waals surface area contributed by atoms with E-state index in [1.165, 1.54) is 17.0 Å². The van der Waals surface area contributed by atoms with Crippen LogP contribution in [0.15, 0.2) is 47.2 Å². The summed E-state index contributed by atoms with van der Waals surface area (Å²) in [5, 5.41) is 4.77. The van der Waals surface area contributed by atoms with Crippen molar-refractivity contribution < 1.29 is 9.53 Å². The summed E-state index contributed by atoms with van der Waals surface area (Å²) in [6.45, 7) is 3.80. The topological polar surface area (TPSA) is 45.7 Å². The number of morpholine rings is 1. The lowest BCUT2D eigenvalue weighted by Gasteiger charge is -2.31. The Morgan fingerprint density at radius 2 is 2.00 bits per heavy atom. The Labute approximate surface area is 166 Å². The minimum atomic E-state index is -0.0502. The number of anilines is 1. The molecule has 0 aliphatic carbocycles. The minimum absolute atomic E-state index is 0.0502. The van der Waals surface area contributed by atoms with Gasteiger partial charge in [0.25, 0.3) is 5.91 Å². The van der Waals surface area contributed by atoms with Crippen LogP contribution in [0.1, 0.15) is 16.1 Å². The highest BCUT2D eigenvalue weighted by Crippen LogP contribution is 2.28. The number of thiazole rings is 1. The van der Waals surface area contributed by atoms with Crippen molar-refractivity contribution in [3.05, 3.63) is 58.4 Å². The van der Waals surface area contributed by atoms with Gasteiger partial charge in [0.1, 0.15) is 10.7 Å². The molecule has 0 unspecified atom stereocenters. The molecule has 5 nitrogen and oxygen atoms in total. The van der Waals surface area contributed by atoms with Gasteiger partial charge in [-0.2, -0.15) is 0 Å². The van der Waals surface area contributed by atoms with E-state index in [0.29, 0.717) is 12.2 Å². The van der Waals surface area contributed by atoms with E-state index in [1.54, 1.807) is 16.2 Å². The fraction of sp³-hybridized carbons (Fsp3) is 0.300. The molecule has 7 heteroatoms. The summed E-state index contributed by atoms with van der Waals surface area (Å²) in [4.78, 5) is 22.6. The van der Waals surface area contributed by atoms with Gasteiger partial charge in [-0.3, -0.25) is 4.79 Å². The largest absolute Gasteiger partial charge is 0.378 e. The van der Waals surface area contributed by atoms with Gasteiger partial charge < -0.3 is 14.5 Å². The molecule has 0 N–H and O–H groups in total. The van der Waals surface area contributed by atoms with Gasteiger partial charge in [-0.1, -0.05) is 24.3 Å². The predicted molar refractivity (Wildman–Crippen MR) is 111 cm³/mol. The molecule has 0 atom stereocenters. The monoisotopic (exact) mass is 399 g/mol. The summed E-state index contributed by atoms with van der Waals surface area (Å²) < 4.78 is 5.46. The molecule has 0 spiro atoms. The maximum Gasteiger partial charge on any atom is 0.273 e. The summed E-state index contributed by atoms with van der Waals surface area (Å²) in [5.41, 5.74) is 2.83. The SMILES string of the molecule is CN(Cc1ccccc1N1CCOCC1)C(=O)c1csc(-c2cccs2)n1. The summed E-state index contributed by atoms with van der Waals surface area (Å²) in [6, 6.07) is 12.3. The van der Waals surface area contributed by atoms with Crippen LogP contribution in [0.25, 0.3) is 9.88 Å². The molecule has 1 aromatic carbocycles. The highest BCUT2D eigenvalue weighted by atomic mass is 32.1. The number of hydrogen-bond donors (Lipinski definition) is 0. The molecule has 27 heavy (non-hydrogen) atoms. The van der Waals surface area contributed by atoms with Crippen LogP contribution in [-0.2, 0) is 11.3 Å². The van der Waals surface area contributed by atoms with E-state index in [2.05, 4.69) is 22.0 Å². The number of thiophene rings is 1. The van der Waals surface area contributed by atoms with Gasteiger partial charge in [0, 0.05) is 37.7 Å². The molecule has 1 aliphatic heterocycles. The fourth-order valence-electron chi connectivity index (χ4n) is 3.17. The molecule has 140 valence electrons. The van der Waals surface area contributed by atoms with E-state index in [9.17, 15) is 4.79 Å². The number of rotatable bonds is 5. The summed E-state index contributed by atoms with van der Waals surface area (Å²) in [6.07, 6.45) is 0. The van der Waals surface area contributed by atoms with E-state index in [1.807, 2.05) is 42.1 Å². The van der Waals surface area contributed by atoms with Crippen LogP contribution in [0, 0.1) is 0 Å². The Morgan fingerprint density at radius 1 is 1.19 bits per heavy atom. The Bertz CT molecular complexity index is 902. The van der Waals surface area contributed by atoms with Crippen molar-refractivity contribution in [2.75, 3.05) is 38.3 Å². The van der Waals surface area contributed by atoms with Gasteiger partial charge in [-0.15, -0.1) is 22.7 Å². The number of benzene rings is 1. The molecule has 0 bridgehead atoms. The third kappa shape index (κ3) is 4.05. The van der Waals surface area contributed by atoms with Crippen molar-refractivity contribution in [3.63, 3.8) is 0 Å². The second-order valence-electron chi connectivity index (χ2n) is 6.40. The van der Waals surface area contributed by atoms with Crippen molar-refractivity contribution in [3.8, 4) is 9.88 Å². The molecule has 0 radical (unpaired) electrons. The highest BCUT2D eigenvalue weighted by molar-refractivity contribution is 7.20. The number of carbonyl (C=O) groups excluding carboxylic acids is 1. The Kier molecular flexibility index (Phi) is 5.52. The maximum atomic E-state index is 12.9. The van der Waals surface area contributed by atoms with Crippen LogP contribution in [-0.4, -0.2) is 49.1 Å². The first-order valence-electron chi connectivity index (χ1n) is 8.88. The molecular weight excluding hydrogens is 378 g/mol. The molecule has 4 rings (SSSR count). The fourth-order valence-corrected chi connectivity index (χ4v) is 4.77. The number of amides is 1. The number of hydrogen-bond acceptors (Lipinski definition) is 6. The van der Waals surface area contributed by atoms with Crippen molar-refractivity contribution in [1.29, 1.82) is 0 Å². The van der Waals surface area contributed by atoms with Gasteiger partial charge >= 0.3 is 0 Å². The van der Waals surface area contributed by atoms with E-state index in [4.69, 9.17) is 4.74 Å². The van der Waals surface area contributed by atoms with Crippen molar-refractivity contribution >= 4 is 34.3 Å². The second kappa shape index (κ2) is 8.21. The van der Waals surface area contributed by atoms with Crippen LogP contribution >= 0.6 is 22.7 Å². The Balaban J connectivity index is 1.49. The summed E-state index contributed by atoms with van der Waals surface area (Å²) in [5.74, 6) is -0.0502. The smallest absolute Gasteiger partial charge is 0.273 e. The van der Waals surface area contributed by atoms with Crippen molar-refractivity contribution in [2.45, 2.75) is 6.54 Å². The van der Waals surface area contributed by atoms with Crippen LogP contribution < -0.4 is 4.90 Å². The average molecular weight is 400 g/mol. The molecule has 1 aliphatic rings. The third-order valence-electron chi connectivity index (χ3n) is 4.55. The van der Waals surface area contributed by atoms with Gasteiger partial charge in [0.05, 0.1) is 18.1 Å². The van der Waals surface area contributed by atoms with E-state index in [-0.39, 0.29) is 5.91 Å². The second-order valence-corrected chi connectivity index (χ2v) is 8.21. The van der Waals surface area contributed by atoms with Crippen LogP contribution in [0.5, 0.6) is 0 Å². The number of ether oxygens (including phenoxy) is 1. The molecule has 3 aromatic rings. The zero-order valence-electron chi connectivity index (χ0n) is 15.1. The average Bonchev–Trinajstić information content (AvgIpc) is 3.40. The number of nitrogens with zero attached hydrogens (tertiary/aromatic N) is 3. The first-order chi connectivity index (χ1) is 13.2. The summed E-state index contributed by atoms with van der Waals surface area (Å²) in [7, 11) is 1.84. The molecule has 1 fully saturated rings. The lowest BCUT2D eigenvalue weighted by atomic mass is 10.1. The van der Waals surface area contributed by atoms with Gasteiger partial charge in [0.15, 0.2) is 0 Å². The zero-order valence-corrected chi connectivity index (χ0v) is 16.8. The molecule has 1 saturated heterocycles. The van der Waals surface area contributed by atoms with Gasteiger partial charge in [-0.05, 0) is 23.1 Å². The zero-order chi connectivity index (χ0) is 18.6. The van der Waals surface area contributed by atoms with E-state index in [0.717, 1.165) is 41.8 Å². The maximum absolute atomic E-state index is 12.9. The molecule has 2 aromatic heterocycles. The first-order valence-corrected chi connectivity index (χ1v) is 10.6. The number of para-hydroxylation sites is 1. The first kappa shape index (κ1) is 18.2. The standard InChI is InChI=1S/C20H21N3O2S2/c1-22(20(24)16-14-27-19(21-16)18-7-4-12-26-18)13-15-5-2-3-6-17(15)23-8-10-25-11-9-23/h2-7,12,14H,8-11,13H2,1H3. The Hall–Kier alpha value is -2.22. The third-order valence-corrected chi connectivity index (χ3v) is 6.43. The number of aromatic nitrogens is 1. The minimum Gasteiger partial charge on any atom is -0.378 e. The predicted octanol–water partition coefficient (Wildman–Crippen LogP) is 3.98. The van der Waals surface area contributed by atoms with Gasteiger partial charge in [0.2, 0.25) is 0 Å². The Morgan fingerprint density at radius 3 is 2.78 bits per heavy atom. The summed E-state index contributed by atoms with van der Waals surface area (Å²) >= 11 is 3.15. The van der Waals surface area contributed by atoms with Crippen LogP contribution in [0.2, 0.25) is 0 Å².